The number of rotatable bonds is 9. The van der Waals surface area contributed by atoms with E-state index in [1.54, 1.807) is 60.7 Å². The van der Waals surface area contributed by atoms with Gasteiger partial charge in [-0.2, -0.15) is 4.31 Å². The lowest BCUT2D eigenvalue weighted by atomic mass is 10.2. The number of ether oxygens (including phenoxy) is 1. The van der Waals surface area contributed by atoms with Crippen molar-refractivity contribution in [2.24, 2.45) is 0 Å². The average molecular weight is 498 g/mol. The van der Waals surface area contributed by atoms with Crippen molar-refractivity contribution < 1.29 is 27.2 Å². The maximum atomic E-state index is 12.7. The molecule has 0 saturated carbocycles. The molecule has 0 bridgehead atoms. The van der Waals surface area contributed by atoms with E-state index < -0.39 is 10.0 Å². The molecule has 0 spiro atoms. The van der Waals surface area contributed by atoms with Gasteiger partial charge in [0.05, 0.1) is 11.2 Å². The molecule has 184 valence electrons. The monoisotopic (exact) mass is 497 g/mol. The fourth-order valence-corrected chi connectivity index (χ4v) is 5.22. The molecule has 0 atom stereocenters. The zero-order chi connectivity index (χ0) is 24.7. The van der Waals surface area contributed by atoms with Gasteiger partial charge in [0.25, 0.3) is 11.8 Å². The van der Waals surface area contributed by atoms with Crippen molar-refractivity contribution >= 4 is 27.5 Å². The Morgan fingerprint density at radius 1 is 0.971 bits per heavy atom. The molecule has 0 unspecified atom stereocenters. The molecule has 1 aliphatic rings. The highest BCUT2D eigenvalue weighted by atomic mass is 32.2. The van der Waals surface area contributed by atoms with Crippen LogP contribution >= 0.6 is 0 Å². The molecule has 1 fully saturated rings. The lowest BCUT2D eigenvalue weighted by Crippen LogP contribution is -2.35. The number of amides is 2. The second-order valence-electron chi connectivity index (χ2n) is 8.13. The molecule has 10 heteroatoms. The molecule has 2 amide bonds. The first-order valence-corrected chi connectivity index (χ1v) is 12.8. The number of benzene rings is 2. The van der Waals surface area contributed by atoms with Crippen LogP contribution in [0.4, 0.5) is 5.69 Å². The Labute approximate surface area is 204 Å². The Morgan fingerprint density at radius 3 is 2.46 bits per heavy atom. The van der Waals surface area contributed by atoms with Gasteiger partial charge in [-0.25, -0.2) is 8.42 Å². The van der Waals surface area contributed by atoms with Gasteiger partial charge in [-0.05, 0) is 54.8 Å². The highest BCUT2D eigenvalue weighted by molar-refractivity contribution is 7.89. The number of carbonyl (C=O) groups excluding carboxylic acids is 2. The predicted molar refractivity (Wildman–Crippen MR) is 129 cm³/mol. The summed E-state index contributed by atoms with van der Waals surface area (Å²) < 4.78 is 37.6. The minimum atomic E-state index is -3.48. The number of hydrogen-bond acceptors (Lipinski definition) is 6. The van der Waals surface area contributed by atoms with Gasteiger partial charge in [-0.3, -0.25) is 9.59 Å². The summed E-state index contributed by atoms with van der Waals surface area (Å²) in [6.07, 6.45) is 4.24. The summed E-state index contributed by atoms with van der Waals surface area (Å²) in [6.45, 7) is 1.14. The van der Waals surface area contributed by atoms with E-state index in [-0.39, 0.29) is 35.6 Å². The minimum Gasteiger partial charge on any atom is -0.484 e. The summed E-state index contributed by atoms with van der Waals surface area (Å²) >= 11 is 0. The zero-order valence-electron chi connectivity index (χ0n) is 19.1. The van der Waals surface area contributed by atoms with E-state index in [4.69, 9.17) is 9.15 Å². The maximum absolute atomic E-state index is 12.7. The number of furan rings is 1. The van der Waals surface area contributed by atoms with Crippen LogP contribution in [-0.2, 0) is 21.4 Å². The highest BCUT2D eigenvalue weighted by Gasteiger charge is 2.25. The van der Waals surface area contributed by atoms with Crippen molar-refractivity contribution in [3.63, 3.8) is 0 Å². The molecule has 2 heterocycles. The molecule has 3 aromatic rings. The van der Waals surface area contributed by atoms with Crippen LogP contribution < -0.4 is 15.4 Å². The number of carbonyl (C=O) groups is 2. The van der Waals surface area contributed by atoms with Crippen LogP contribution in [0.25, 0.3) is 0 Å². The molecule has 9 nitrogen and oxygen atoms in total. The van der Waals surface area contributed by atoms with E-state index in [0.29, 0.717) is 24.5 Å². The lowest BCUT2D eigenvalue weighted by Gasteiger charge is -2.25. The second kappa shape index (κ2) is 11.2. The zero-order valence-corrected chi connectivity index (χ0v) is 19.9. The van der Waals surface area contributed by atoms with Crippen LogP contribution in [0.3, 0.4) is 0 Å². The molecular weight excluding hydrogens is 470 g/mol. The number of nitrogens with one attached hydrogen (secondary N) is 2. The van der Waals surface area contributed by atoms with Crippen molar-refractivity contribution in [3.8, 4) is 5.75 Å². The van der Waals surface area contributed by atoms with Crippen molar-refractivity contribution in [3.05, 3.63) is 78.3 Å². The van der Waals surface area contributed by atoms with Crippen LogP contribution in [0, 0.1) is 0 Å². The number of sulfonamides is 1. The first kappa shape index (κ1) is 24.5. The van der Waals surface area contributed by atoms with Crippen molar-refractivity contribution in [1.29, 1.82) is 0 Å². The van der Waals surface area contributed by atoms with Gasteiger partial charge in [-0.15, -0.1) is 0 Å². The van der Waals surface area contributed by atoms with Gasteiger partial charge in [-0.1, -0.05) is 24.6 Å². The van der Waals surface area contributed by atoms with Crippen molar-refractivity contribution in [2.45, 2.75) is 30.7 Å². The SMILES string of the molecule is O=C(COc1cccc(NC(=O)c2ccco2)c1)NCc1ccc(S(=O)(=O)N2CCCCC2)cc1. The number of piperidine rings is 1. The van der Waals surface area contributed by atoms with Gasteiger partial charge >= 0.3 is 0 Å². The quantitative estimate of drug-likeness (QED) is 0.468. The summed E-state index contributed by atoms with van der Waals surface area (Å²) in [4.78, 5) is 24.6. The molecular formula is C25H27N3O6S. The number of anilines is 1. The number of nitrogens with zero attached hydrogens (tertiary/aromatic N) is 1. The molecule has 35 heavy (non-hydrogen) atoms. The Hall–Kier alpha value is -3.63. The first-order valence-electron chi connectivity index (χ1n) is 11.4. The van der Waals surface area contributed by atoms with Gasteiger partial charge in [0.2, 0.25) is 10.0 Å². The Kier molecular flexibility index (Phi) is 7.84. The maximum Gasteiger partial charge on any atom is 0.291 e. The van der Waals surface area contributed by atoms with E-state index in [9.17, 15) is 18.0 Å². The number of hydrogen-bond donors (Lipinski definition) is 2. The van der Waals surface area contributed by atoms with E-state index in [1.165, 1.54) is 10.6 Å². The Bertz CT molecular complexity index is 1250. The Balaban J connectivity index is 1.25. The largest absolute Gasteiger partial charge is 0.484 e. The van der Waals surface area contributed by atoms with Gasteiger partial charge in [0.15, 0.2) is 12.4 Å². The molecule has 0 aliphatic carbocycles. The highest BCUT2D eigenvalue weighted by Crippen LogP contribution is 2.21. The standard InChI is InChI=1S/C25H27N3O6S/c29-24(18-34-21-7-4-6-20(16-21)27-25(30)23-8-5-15-33-23)26-17-19-9-11-22(12-10-19)35(31,32)28-13-2-1-3-14-28/h4-12,15-16H,1-3,13-14,17-18H2,(H,26,29)(H,27,30). The van der Waals surface area contributed by atoms with Crippen molar-refractivity contribution in [1.82, 2.24) is 9.62 Å². The predicted octanol–water partition coefficient (Wildman–Crippen LogP) is 3.40. The van der Waals surface area contributed by atoms with Crippen molar-refractivity contribution in [2.75, 3.05) is 25.0 Å². The molecule has 0 radical (unpaired) electrons. The summed E-state index contributed by atoms with van der Waals surface area (Å²) in [5, 5.41) is 5.45. The topological polar surface area (TPSA) is 118 Å². The van der Waals surface area contributed by atoms with E-state index in [1.807, 2.05) is 0 Å². The normalized spacial score (nSPS) is 14.3. The fourth-order valence-electron chi connectivity index (χ4n) is 3.70. The third-order valence-corrected chi connectivity index (χ3v) is 7.49. The molecule has 4 rings (SSSR count). The van der Waals surface area contributed by atoms with Crippen LogP contribution in [0.2, 0.25) is 0 Å². The fraction of sp³-hybridized carbons (Fsp3) is 0.280. The summed E-state index contributed by atoms with van der Waals surface area (Å²) in [5.74, 6) is -0.114. The van der Waals surface area contributed by atoms with E-state index >= 15 is 0 Å². The van der Waals surface area contributed by atoms with Gasteiger partial charge in [0.1, 0.15) is 5.75 Å². The Morgan fingerprint density at radius 2 is 1.74 bits per heavy atom. The molecule has 2 aromatic carbocycles. The van der Waals surface area contributed by atoms with Crippen LogP contribution in [0.5, 0.6) is 5.75 Å². The molecule has 1 saturated heterocycles. The van der Waals surface area contributed by atoms with Crippen LogP contribution in [0.1, 0.15) is 35.4 Å². The van der Waals surface area contributed by atoms with Crippen LogP contribution in [0.15, 0.2) is 76.2 Å². The smallest absolute Gasteiger partial charge is 0.291 e. The minimum absolute atomic E-state index is 0.188. The van der Waals surface area contributed by atoms with Gasteiger partial charge < -0.3 is 19.8 Å². The van der Waals surface area contributed by atoms with E-state index in [2.05, 4.69) is 10.6 Å². The summed E-state index contributed by atoms with van der Waals surface area (Å²) in [6, 6.07) is 16.4. The van der Waals surface area contributed by atoms with Gasteiger partial charge in [0, 0.05) is 31.4 Å². The summed E-state index contributed by atoms with van der Waals surface area (Å²) in [5.41, 5.74) is 1.28. The van der Waals surface area contributed by atoms with E-state index in [0.717, 1.165) is 24.8 Å². The average Bonchev–Trinajstić information content (AvgIpc) is 3.43. The molecule has 1 aliphatic heterocycles. The summed E-state index contributed by atoms with van der Waals surface area (Å²) in [7, 11) is -3.48. The third-order valence-electron chi connectivity index (χ3n) is 5.57. The lowest BCUT2D eigenvalue weighted by molar-refractivity contribution is -0.123. The first-order chi connectivity index (χ1) is 16.9. The molecule has 1 aromatic heterocycles. The molecule has 2 N–H and O–H groups in total. The third kappa shape index (κ3) is 6.49. The van der Waals surface area contributed by atoms with Crippen LogP contribution in [-0.4, -0.2) is 44.2 Å². The second-order valence-corrected chi connectivity index (χ2v) is 10.1.